The predicted molar refractivity (Wildman–Crippen MR) is 208 cm³/mol. The molecule has 1 aliphatic carbocycles. The van der Waals surface area contributed by atoms with E-state index in [1.54, 1.807) is 13.4 Å². The fraction of sp³-hybridized carbons (Fsp3) is 0.605. The molecule has 6 rings (SSSR count). The van der Waals surface area contributed by atoms with E-state index in [-0.39, 0.29) is 23.2 Å². The van der Waals surface area contributed by atoms with Gasteiger partial charge in [0.1, 0.15) is 23.5 Å². The summed E-state index contributed by atoms with van der Waals surface area (Å²) in [5.41, 5.74) is 4.29. The van der Waals surface area contributed by atoms with Crippen LogP contribution < -0.4 is 20.3 Å². The Morgan fingerprint density at radius 2 is 1.79 bits per heavy atom. The lowest BCUT2D eigenvalue weighted by Crippen LogP contribution is -2.47. The van der Waals surface area contributed by atoms with Gasteiger partial charge in [-0.1, -0.05) is 20.8 Å². The Morgan fingerprint density at radius 3 is 2.46 bits per heavy atom. The van der Waals surface area contributed by atoms with Crippen LogP contribution in [0.15, 0.2) is 24.7 Å². The van der Waals surface area contributed by atoms with E-state index in [9.17, 15) is 4.79 Å². The molecule has 2 fully saturated rings. The van der Waals surface area contributed by atoms with E-state index < -0.39 is 20.0 Å². The van der Waals surface area contributed by atoms with E-state index in [1.165, 1.54) is 0 Å². The van der Waals surface area contributed by atoms with E-state index in [0.717, 1.165) is 77.3 Å². The number of hydrogen-bond donors (Lipinski definition) is 2. The van der Waals surface area contributed by atoms with E-state index in [4.69, 9.17) is 29.0 Å². The number of fused-ring (bicyclic) bond motifs is 1. The van der Waals surface area contributed by atoms with Gasteiger partial charge in [0.25, 0.3) is 0 Å². The molecule has 2 N–H and O–H groups in total. The van der Waals surface area contributed by atoms with Crippen LogP contribution in [0.25, 0.3) is 16.7 Å². The molecule has 1 aromatic carbocycles. The van der Waals surface area contributed by atoms with Crippen molar-refractivity contribution in [1.82, 2.24) is 34.6 Å². The van der Waals surface area contributed by atoms with Gasteiger partial charge < -0.3 is 34.0 Å². The summed E-state index contributed by atoms with van der Waals surface area (Å²) in [6.07, 6.45) is 6.86. The number of ether oxygens (including phenoxy) is 2. The van der Waals surface area contributed by atoms with Gasteiger partial charge in [0, 0.05) is 18.7 Å². The molecule has 2 aliphatic rings. The summed E-state index contributed by atoms with van der Waals surface area (Å²) < 4.78 is 21.9. The molecular weight excluding hydrogens is 675 g/mol. The molecule has 14 heteroatoms. The first-order chi connectivity index (χ1) is 24.3. The minimum atomic E-state index is -1.95. The topological polar surface area (TPSA) is 133 Å². The van der Waals surface area contributed by atoms with Crippen LogP contribution in [0.2, 0.25) is 18.1 Å². The van der Waals surface area contributed by atoms with Gasteiger partial charge >= 0.3 is 6.09 Å². The number of aryl methyl sites for hydroxylation is 2. The maximum atomic E-state index is 12.5. The van der Waals surface area contributed by atoms with E-state index in [2.05, 4.69) is 74.3 Å². The van der Waals surface area contributed by atoms with Crippen molar-refractivity contribution in [2.45, 2.75) is 130 Å². The number of anilines is 3. The number of carbonyl (C=O) groups excluding carboxylic acids is 1. The summed E-state index contributed by atoms with van der Waals surface area (Å²) in [5, 5.41) is 12.5. The van der Waals surface area contributed by atoms with Gasteiger partial charge in [0.15, 0.2) is 19.8 Å². The van der Waals surface area contributed by atoms with Gasteiger partial charge in [-0.05, 0) is 103 Å². The molecule has 1 saturated heterocycles. The SMILES string of the molecule is COc1cc(-n2cnc(Nc3nc(N4CCC[C@H]4CO[Si](C)(C)C(C)(C)C)c4c(C)nn([C@H]5C[C@@H](NC(=O)OC(C)(C)C)C5)c4n3)c2)cc(C)c1C. The van der Waals surface area contributed by atoms with Crippen molar-refractivity contribution in [2.24, 2.45) is 0 Å². The maximum Gasteiger partial charge on any atom is 0.407 e. The zero-order valence-corrected chi connectivity index (χ0v) is 34.0. The van der Waals surface area contributed by atoms with Crippen molar-refractivity contribution < 1.29 is 18.7 Å². The Balaban J connectivity index is 1.33. The monoisotopic (exact) mass is 731 g/mol. The van der Waals surface area contributed by atoms with Crippen LogP contribution in [0.4, 0.5) is 22.4 Å². The number of aromatic nitrogens is 6. The highest BCUT2D eigenvalue weighted by atomic mass is 28.4. The Hall–Kier alpha value is -4.17. The van der Waals surface area contributed by atoms with Crippen molar-refractivity contribution in [3.63, 3.8) is 0 Å². The van der Waals surface area contributed by atoms with Crippen molar-refractivity contribution in [3.8, 4) is 11.4 Å². The lowest BCUT2D eigenvalue weighted by Gasteiger charge is -2.38. The van der Waals surface area contributed by atoms with E-state index in [1.807, 2.05) is 49.2 Å². The average Bonchev–Trinajstić information content (AvgIpc) is 3.77. The summed E-state index contributed by atoms with van der Waals surface area (Å²) in [7, 11) is -0.264. The molecule has 1 aliphatic heterocycles. The highest BCUT2D eigenvalue weighted by Crippen LogP contribution is 2.41. The van der Waals surface area contributed by atoms with E-state index >= 15 is 0 Å². The lowest BCUT2D eigenvalue weighted by atomic mass is 9.87. The number of amides is 1. The molecule has 282 valence electrons. The summed E-state index contributed by atoms with van der Waals surface area (Å²) in [5.74, 6) is 2.76. The number of nitrogens with zero attached hydrogens (tertiary/aromatic N) is 7. The van der Waals surface area contributed by atoms with Crippen molar-refractivity contribution >= 4 is 43.0 Å². The fourth-order valence-corrected chi connectivity index (χ4v) is 7.75. The molecule has 0 bridgehead atoms. The van der Waals surface area contributed by atoms with Crippen molar-refractivity contribution in [3.05, 3.63) is 41.5 Å². The van der Waals surface area contributed by atoms with E-state index in [0.29, 0.717) is 18.4 Å². The van der Waals surface area contributed by atoms with Crippen LogP contribution in [0.3, 0.4) is 0 Å². The van der Waals surface area contributed by atoms with Crippen LogP contribution in [-0.4, -0.2) is 81.7 Å². The third-order valence-electron chi connectivity index (χ3n) is 10.9. The number of imidazole rings is 1. The molecule has 52 heavy (non-hydrogen) atoms. The normalized spacial score (nSPS) is 19.5. The molecular formula is C38H57N9O4Si. The Kier molecular flexibility index (Phi) is 10.1. The molecule has 4 aromatic rings. The molecule has 0 spiro atoms. The molecule has 13 nitrogen and oxygen atoms in total. The molecule has 0 unspecified atom stereocenters. The number of methoxy groups -OCH3 is 1. The first-order valence-corrected chi connectivity index (χ1v) is 21.4. The number of carbonyl (C=O) groups is 1. The van der Waals surface area contributed by atoms with Crippen LogP contribution in [0.5, 0.6) is 5.75 Å². The zero-order chi connectivity index (χ0) is 37.7. The average molecular weight is 732 g/mol. The largest absolute Gasteiger partial charge is 0.496 e. The van der Waals surface area contributed by atoms with Crippen molar-refractivity contribution in [2.75, 3.05) is 30.5 Å². The van der Waals surface area contributed by atoms with Gasteiger partial charge in [0.2, 0.25) is 5.95 Å². The smallest absolute Gasteiger partial charge is 0.407 e. The number of rotatable bonds is 10. The quantitative estimate of drug-likeness (QED) is 0.155. The first kappa shape index (κ1) is 37.6. The summed E-state index contributed by atoms with van der Waals surface area (Å²) >= 11 is 0. The van der Waals surface area contributed by atoms with Crippen LogP contribution >= 0.6 is 0 Å². The lowest BCUT2D eigenvalue weighted by molar-refractivity contribution is 0.0454. The molecule has 0 radical (unpaired) electrons. The second-order valence-electron chi connectivity index (χ2n) is 17.0. The molecule has 3 aromatic heterocycles. The summed E-state index contributed by atoms with van der Waals surface area (Å²) in [6, 6.07) is 4.39. The van der Waals surface area contributed by atoms with Gasteiger partial charge in [-0.3, -0.25) is 0 Å². The standard InChI is InChI=1S/C38H57N9O4Si/c1-23-16-28(19-30(49-10)24(23)2)45-20-31(39-22-45)41-35-42-33(46-15-13-14-27(46)21-50-52(11,12)38(7,8)9)32-25(3)44-47(34(32)43-35)29-17-26(18-29)40-36(48)51-37(4,5)6/h16,19-20,22,26-27,29H,13-15,17-18,21H2,1-12H3,(H,40,48)(H,41,42,43)/t26-,27-,29+/m0/s1. The number of alkyl carbamates (subject to hydrolysis) is 1. The molecule has 1 saturated carbocycles. The highest BCUT2D eigenvalue weighted by molar-refractivity contribution is 6.74. The predicted octanol–water partition coefficient (Wildman–Crippen LogP) is 7.91. The Labute approximate surface area is 309 Å². The second-order valence-corrected chi connectivity index (χ2v) is 21.8. The van der Waals surface area contributed by atoms with Crippen LogP contribution in [0, 0.1) is 20.8 Å². The van der Waals surface area contributed by atoms with Crippen LogP contribution in [0.1, 0.15) is 90.1 Å². The maximum absolute atomic E-state index is 12.5. The minimum absolute atomic E-state index is 0.00163. The summed E-state index contributed by atoms with van der Waals surface area (Å²) in [4.78, 5) is 29.8. The van der Waals surface area contributed by atoms with Crippen molar-refractivity contribution in [1.29, 1.82) is 0 Å². The Morgan fingerprint density at radius 1 is 1.06 bits per heavy atom. The highest BCUT2D eigenvalue weighted by Gasteiger charge is 2.40. The third kappa shape index (κ3) is 7.78. The molecule has 1 atom stereocenters. The second kappa shape index (κ2) is 14.0. The number of benzene rings is 1. The first-order valence-electron chi connectivity index (χ1n) is 18.5. The molecule has 4 heterocycles. The summed E-state index contributed by atoms with van der Waals surface area (Å²) in [6.45, 7) is 24.8. The van der Waals surface area contributed by atoms with Gasteiger partial charge in [-0.25, -0.2) is 14.5 Å². The van der Waals surface area contributed by atoms with Gasteiger partial charge in [-0.2, -0.15) is 15.1 Å². The fourth-order valence-electron chi connectivity index (χ4n) is 6.71. The third-order valence-corrected chi connectivity index (χ3v) is 15.4. The van der Waals surface area contributed by atoms with Gasteiger partial charge in [-0.15, -0.1) is 0 Å². The minimum Gasteiger partial charge on any atom is -0.496 e. The molecule has 1 amide bonds. The number of hydrogen-bond acceptors (Lipinski definition) is 10. The zero-order valence-electron chi connectivity index (χ0n) is 33.0. The number of nitrogens with one attached hydrogen (secondary N) is 2. The van der Waals surface area contributed by atoms with Crippen LogP contribution in [-0.2, 0) is 9.16 Å². The van der Waals surface area contributed by atoms with Gasteiger partial charge in [0.05, 0.1) is 48.8 Å². The Bertz CT molecular complexity index is 1930.